The van der Waals surface area contributed by atoms with Gasteiger partial charge in [0.25, 0.3) is 0 Å². The molecular formula is C25H19N3O5. The molecule has 3 heterocycles. The highest BCUT2D eigenvalue weighted by Crippen LogP contribution is 2.38. The first-order valence-corrected chi connectivity index (χ1v) is 9.96. The number of aromatic nitrogens is 1. The van der Waals surface area contributed by atoms with Crippen LogP contribution >= 0.6 is 0 Å². The fourth-order valence-corrected chi connectivity index (χ4v) is 4.06. The number of Topliss-reactive ketones (excluding diaryl/α,β-unsaturated/α-hetero) is 1. The number of carbonyl (C=O) groups is 3. The highest BCUT2D eigenvalue weighted by Gasteiger charge is 2.31. The summed E-state index contributed by atoms with van der Waals surface area (Å²) in [5.74, 6) is -1.17. The van der Waals surface area contributed by atoms with Crippen molar-refractivity contribution in [3.8, 4) is 17.4 Å². The summed E-state index contributed by atoms with van der Waals surface area (Å²) in [7, 11) is 1.21. The van der Waals surface area contributed by atoms with Crippen LogP contribution in [0.5, 0.6) is 0 Å². The number of methoxy groups -OCH3 is 1. The van der Waals surface area contributed by atoms with E-state index in [1.807, 2.05) is 6.07 Å². The second-order valence-electron chi connectivity index (χ2n) is 7.39. The first-order chi connectivity index (χ1) is 15.8. The average molecular weight is 441 g/mol. The first kappa shape index (κ1) is 21.6. The Bertz CT molecular complexity index is 1490. The van der Waals surface area contributed by atoms with Gasteiger partial charge >= 0.3 is 5.97 Å². The largest absolute Gasteiger partial charge is 0.465 e. The average Bonchev–Trinajstić information content (AvgIpc) is 3.43. The van der Waals surface area contributed by atoms with E-state index >= 15 is 0 Å². The Morgan fingerprint density at radius 3 is 2.36 bits per heavy atom. The molecule has 1 aromatic carbocycles. The molecule has 2 N–H and O–H groups in total. The SMILES string of the molecule is COC(=O)c1c(-c2ccc(C#N)o2)c(C(C)=O)c(C)n2c(N)c(C(=O)c3ccccc3)cc12. The molecule has 0 aliphatic carbocycles. The maximum atomic E-state index is 13.2. The molecule has 0 spiro atoms. The maximum absolute atomic E-state index is 13.2. The van der Waals surface area contributed by atoms with Gasteiger partial charge in [-0.15, -0.1) is 0 Å². The van der Waals surface area contributed by atoms with Crippen LogP contribution in [0.2, 0.25) is 0 Å². The summed E-state index contributed by atoms with van der Waals surface area (Å²) in [6.07, 6.45) is 0. The van der Waals surface area contributed by atoms with E-state index in [9.17, 15) is 19.6 Å². The molecule has 4 rings (SSSR count). The standard InChI is InChI=1S/C25H19N3O5/c1-13-20(14(2)29)22(19-10-9-16(12-26)33-19)21(25(31)32-3)18-11-17(24(27)28(13)18)23(30)15-7-5-4-6-8-15/h4-11H,27H2,1-3H3. The third-order valence-corrected chi connectivity index (χ3v) is 5.48. The van der Waals surface area contributed by atoms with Gasteiger partial charge in [-0.3, -0.25) is 14.0 Å². The van der Waals surface area contributed by atoms with E-state index in [-0.39, 0.29) is 56.7 Å². The van der Waals surface area contributed by atoms with Gasteiger partial charge in [0.15, 0.2) is 11.6 Å². The van der Waals surface area contributed by atoms with Gasteiger partial charge in [0.1, 0.15) is 17.6 Å². The zero-order valence-electron chi connectivity index (χ0n) is 18.1. The fourth-order valence-electron chi connectivity index (χ4n) is 4.06. The molecule has 0 radical (unpaired) electrons. The van der Waals surface area contributed by atoms with Crippen LogP contribution in [0, 0.1) is 18.3 Å². The molecule has 8 heteroatoms. The van der Waals surface area contributed by atoms with Crippen molar-refractivity contribution in [2.24, 2.45) is 0 Å². The molecule has 0 bridgehead atoms. The number of ketones is 2. The zero-order chi connectivity index (χ0) is 23.9. The zero-order valence-corrected chi connectivity index (χ0v) is 18.1. The summed E-state index contributed by atoms with van der Waals surface area (Å²) >= 11 is 0. The Hall–Kier alpha value is -4.64. The number of nitrogens with zero attached hydrogens (tertiary/aromatic N) is 2. The van der Waals surface area contributed by atoms with Gasteiger partial charge in [0.05, 0.1) is 23.8 Å². The number of anilines is 1. The van der Waals surface area contributed by atoms with Gasteiger partial charge in [-0.1, -0.05) is 30.3 Å². The van der Waals surface area contributed by atoms with Crippen molar-refractivity contribution < 1.29 is 23.5 Å². The van der Waals surface area contributed by atoms with Crippen LogP contribution in [-0.4, -0.2) is 29.0 Å². The third-order valence-electron chi connectivity index (χ3n) is 5.48. The summed E-state index contributed by atoms with van der Waals surface area (Å²) in [6.45, 7) is 3.01. The number of nitrogen functional groups attached to an aromatic ring is 1. The van der Waals surface area contributed by atoms with Crippen LogP contribution < -0.4 is 5.73 Å². The van der Waals surface area contributed by atoms with E-state index in [0.29, 0.717) is 11.3 Å². The second kappa shape index (κ2) is 8.13. The van der Waals surface area contributed by atoms with E-state index in [4.69, 9.17) is 14.9 Å². The lowest BCUT2D eigenvalue weighted by Gasteiger charge is -2.17. The number of fused-ring (bicyclic) bond motifs is 1. The van der Waals surface area contributed by atoms with Crippen molar-refractivity contribution in [3.63, 3.8) is 0 Å². The molecule has 0 saturated carbocycles. The number of pyridine rings is 1. The summed E-state index contributed by atoms with van der Waals surface area (Å²) < 4.78 is 12.1. The topological polar surface area (TPSA) is 128 Å². The summed E-state index contributed by atoms with van der Waals surface area (Å²) in [5, 5.41) is 9.18. The molecule has 4 aromatic rings. The third kappa shape index (κ3) is 3.36. The first-order valence-electron chi connectivity index (χ1n) is 9.96. The van der Waals surface area contributed by atoms with Crippen LogP contribution in [0.25, 0.3) is 16.8 Å². The second-order valence-corrected chi connectivity index (χ2v) is 7.39. The summed E-state index contributed by atoms with van der Waals surface area (Å²) in [6, 6.07) is 14.9. The minimum absolute atomic E-state index is 0.00551. The lowest BCUT2D eigenvalue weighted by atomic mass is 9.94. The van der Waals surface area contributed by atoms with E-state index in [1.54, 1.807) is 37.3 Å². The Kier molecular flexibility index (Phi) is 5.32. The summed E-state index contributed by atoms with van der Waals surface area (Å²) in [5.41, 5.74) is 8.04. The molecule has 3 aromatic heterocycles. The van der Waals surface area contributed by atoms with Gasteiger partial charge in [-0.2, -0.15) is 5.26 Å². The number of esters is 1. The Morgan fingerprint density at radius 2 is 1.79 bits per heavy atom. The number of ether oxygens (including phenoxy) is 1. The number of aryl methyl sites for hydroxylation is 1. The van der Waals surface area contributed by atoms with Crippen molar-refractivity contribution in [2.75, 3.05) is 12.8 Å². The smallest absolute Gasteiger partial charge is 0.340 e. The van der Waals surface area contributed by atoms with Crippen molar-refractivity contribution in [2.45, 2.75) is 13.8 Å². The Morgan fingerprint density at radius 1 is 1.09 bits per heavy atom. The molecule has 0 saturated heterocycles. The van der Waals surface area contributed by atoms with Crippen LogP contribution in [0.3, 0.4) is 0 Å². The van der Waals surface area contributed by atoms with Crippen molar-refractivity contribution in [1.82, 2.24) is 4.40 Å². The predicted molar refractivity (Wildman–Crippen MR) is 120 cm³/mol. The van der Waals surface area contributed by atoms with Crippen LogP contribution in [-0.2, 0) is 4.74 Å². The van der Waals surface area contributed by atoms with Gasteiger partial charge in [0.2, 0.25) is 5.76 Å². The maximum Gasteiger partial charge on any atom is 0.340 e. The van der Waals surface area contributed by atoms with Crippen molar-refractivity contribution in [3.05, 3.63) is 82.2 Å². The van der Waals surface area contributed by atoms with E-state index in [0.717, 1.165) is 0 Å². The van der Waals surface area contributed by atoms with Gasteiger partial charge in [-0.25, -0.2) is 4.79 Å². The minimum atomic E-state index is -0.747. The van der Waals surface area contributed by atoms with Crippen LogP contribution in [0.1, 0.15) is 55.0 Å². The molecule has 8 nitrogen and oxygen atoms in total. The molecule has 0 fully saturated rings. The highest BCUT2D eigenvalue weighted by molar-refractivity contribution is 6.16. The quantitative estimate of drug-likeness (QED) is 0.363. The number of nitriles is 1. The minimum Gasteiger partial charge on any atom is -0.465 e. The number of rotatable bonds is 5. The monoisotopic (exact) mass is 441 g/mol. The van der Waals surface area contributed by atoms with Crippen molar-refractivity contribution in [1.29, 1.82) is 5.26 Å². The van der Waals surface area contributed by atoms with Crippen LogP contribution in [0.4, 0.5) is 5.82 Å². The molecule has 0 amide bonds. The molecule has 164 valence electrons. The number of benzene rings is 1. The number of hydrogen-bond acceptors (Lipinski definition) is 7. The van der Waals surface area contributed by atoms with E-state index < -0.39 is 5.97 Å². The van der Waals surface area contributed by atoms with E-state index in [2.05, 4.69) is 0 Å². The molecule has 0 atom stereocenters. The number of nitrogens with two attached hydrogens (primary N) is 1. The lowest BCUT2D eigenvalue weighted by Crippen LogP contribution is -2.15. The lowest BCUT2D eigenvalue weighted by molar-refractivity contribution is 0.0603. The molecular weight excluding hydrogens is 422 g/mol. The number of furan rings is 1. The van der Waals surface area contributed by atoms with Crippen molar-refractivity contribution >= 4 is 28.9 Å². The number of carbonyl (C=O) groups excluding carboxylic acids is 3. The normalized spacial score (nSPS) is 10.7. The number of hydrogen-bond donors (Lipinski definition) is 1. The predicted octanol–water partition coefficient (Wildman–Crippen LogP) is 4.18. The molecule has 0 aliphatic heterocycles. The Balaban J connectivity index is 2.15. The van der Waals surface area contributed by atoms with Crippen LogP contribution in [0.15, 0.2) is 52.9 Å². The molecule has 33 heavy (non-hydrogen) atoms. The summed E-state index contributed by atoms with van der Waals surface area (Å²) in [4.78, 5) is 38.9. The highest BCUT2D eigenvalue weighted by atomic mass is 16.5. The Labute approximate surface area is 188 Å². The van der Waals surface area contributed by atoms with Gasteiger partial charge in [0, 0.05) is 22.4 Å². The van der Waals surface area contributed by atoms with E-state index in [1.165, 1.54) is 36.6 Å². The van der Waals surface area contributed by atoms with Gasteiger partial charge < -0.3 is 14.9 Å². The molecule has 0 unspecified atom stereocenters. The fraction of sp³-hybridized carbons (Fsp3) is 0.120. The molecule has 0 aliphatic rings. The van der Waals surface area contributed by atoms with Gasteiger partial charge in [-0.05, 0) is 32.0 Å².